The Morgan fingerprint density at radius 2 is 2.19 bits per heavy atom. The van der Waals surface area contributed by atoms with Crippen LogP contribution < -0.4 is 4.90 Å². The first-order valence-electron chi connectivity index (χ1n) is 5.67. The first kappa shape index (κ1) is 11.4. The normalized spacial score (nSPS) is 17.4. The van der Waals surface area contributed by atoms with Crippen LogP contribution in [0, 0.1) is 0 Å². The molecule has 4 heteroatoms. The predicted molar refractivity (Wildman–Crippen MR) is 62.4 cm³/mol. The number of aliphatic hydroxyl groups is 1. The summed E-state index contributed by atoms with van der Waals surface area (Å²) < 4.78 is 5.34. The quantitative estimate of drug-likeness (QED) is 0.834. The zero-order valence-electron chi connectivity index (χ0n) is 9.59. The molecule has 0 saturated carbocycles. The molecule has 0 spiro atoms. The third-order valence-electron chi connectivity index (χ3n) is 3.09. The summed E-state index contributed by atoms with van der Waals surface area (Å²) in [5, 5.41) is 8.95. The van der Waals surface area contributed by atoms with Gasteiger partial charge in [0.2, 0.25) is 0 Å². The van der Waals surface area contributed by atoms with Gasteiger partial charge in [-0.15, -0.1) is 0 Å². The molecule has 0 atom stereocenters. The number of aromatic nitrogens is 1. The lowest BCUT2D eigenvalue weighted by Crippen LogP contribution is -2.37. The summed E-state index contributed by atoms with van der Waals surface area (Å²) in [7, 11) is 2.07. The molecule has 1 saturated heterocycles. The minimum absolute atomic E-state index is 0.0499. The van der Waals surface area contributed by atoms with Gasteiger partial charge in [-0.3, -0.25) is 0 Å². The molecule has 0 aliphatic carbocycles. The van der Waals surface area contributed by atoms with Crippen LogP contribution in [0.25, 0.3) is 0 Å². The summed E-state index contributed by atoms with van der Waals surface area (Å²) in [6.07, 6.45) is 3.84. The molecule has 4 nitrogen and oxygen atoms in total. The van der Waals surface area contributed by atoms with Crippen LogP contribution in [0.1, 0.15) is 18.4 Å². The van der Waals surface area contributed by atoms with Crippen LogP contribution in [0.15, 0.2) is 18.3 Å². The highest BCUT2D eigenvalue weighted by atomic mass is 16.5. The maximum absolute atomic E-state index is 8.95. The zero-order chi connectivity index (χ0) is 11.4. The standard InChI is InChI=1S/C12H18N2O2/c1-14(11-4-6-16-7-5-11)12-3-2-10(9-15)8-13-12/h2-3,8,11,15H,4-7,9H2,1H3. The highest BCUT2D eigenvalue weighted by Crippen LogP contribution is 2.19. The highest BCUT2D eigenvalue weighted by Gasteiger charge is 2.19. The van der Waals surface area contributed by atoms with Crippen LogP contribution in [0.4, 0.5) is 5.82 Å². The van der Waals surface area contributed by atoms with Crippen molar-refractivity contribution in [1.29, 1.82) is 0 Å². The third kappa shape index (κ3) is 2.51. The molecule has 2 heterocycles. The Hall–Kier alpha value is -1.13. The maximum Gasteiger partial charge on any atom is 0.128 e. The van der Waals surface area contributed by atoms with E-state index in [1.807, 2.05) is 12.1 Å². The average Bonchev–Trinajstić information content (AvgIpc) is 2.39. The molecular formula is C12H18N2O2. The molecule has 2 rings (SSSR count). The minimum atomic E-state index is 0.0499. The Balaban J connectivity index is 2.04. The number of rotatable bonds is 3. The van der Waals surface area contributed by atoms with Gasteiger partial charge in [-0.1, -0.05) is 6.07 Å². The summed E-state index contributed by atoms with van der Waals surface area (Å²) in [6.45, 7) is 1.72. The summed E-state index contributed by atoms with van der Waals surface area (Å²) in [5.74, 6) is 0.962. The summed E-state index contributed by atoms with van der Waals surface area (Å²) in [5.41, 5.74) is 0.851. The molecule has 0 amide bonds. The Morgan fingerprint density at radius 1 is 1.44 bits per heavy atom. The van der Waals surface area contributed by atoms with E-state index in [0.29, 0.717) is 6.04 Å². The lowest BCUT2D eigenvalue weighted by molar-refractivity contribution is 0.0853. The number of anilines is 1. The van der Waals surface area contributed by atoms with E-state index in [-0.39, 0.29) is 6.61 Å². The van der Waals surface area contributed by atoms with Gasteiger partial charge in [-0.25, -0.2) is 4.98 Å². The van der Waals surface area contributed by atoms with Gasteiger partial charge in [0.15, 0.2) is 0 Å². The lowest BCUT2D eigenvalue weighted by Gasteiger charge is -2.32. The fraction of sp³-hybridized carbons (Fsp3) is 0.583. The van der Waals surface area contributed by atoms with Crippen LogP contribution in [0.3, 0.4) is 0 Å². The molecule has 0 radical (unpaired) electrons. The van der Waals surface area contributed by atoms with Crippen molar-refractivity contribution >= 4 is 5.82 Å². The predicted octanol–water partition coefficient (Wildman–Crippen LogP) is 1.19. The lowest BCUT2D eigenvalue weighted by atomic mass is 10.1. The van der Waals surface area contributed by atoms with E-state index in [9.17, 15) is 0 Å². The largest absolute Gasteiger partial charge is 0.392 e. The number of nitrogens with zero attached hydrogens (tertiary/aromatic N) is 2. The summed E-state index contributed by atoms with van der Waals surface area (Å²) >= 11 is 0. The first-order chi connectivity index (χ1) is 7.81. The topological polar surface area (TPSA) is 45.6 Å². The van der Waals surface area contributed by atoms with E-state index in [0.717, 1.165) is 37.4 Å². The van der Waals surface area contributed by atoms with E-state index in [2.05, 4.69) is 16.9 Å². The first-order valence-corrected chi connectivity index (χ1v) is 5.67. The average molecular weight is 222 g/mol. The van der Waals surface area contributed by atoms with Crippen molar-refractivity contribution in [1.82, 2.24) is 4.98 Å². The van der Waals surface area contributed by atoms with Gasteiger partial charge in [0.25, 0.3) is 0 Å². The van der Waals surface area contributed by atoms with E-state index in [1.165, 1.54) is 0 Å². The van der Waals surface area contributed by atoms with Crippen molar-refractivity contribution in [3.8, 4) is 0 Å². The monoisotopic (exact) mass is 222 g/mol. The van der Waals surface area contributed by atoms with Gasteiger partial charge in [0.05, 0.1) is 6.61 Å². The van der Waals surface area contributed by atoms with E-state index >= 15 is 0 Å². The van der Waals surface area contributed by atoms with Gasteiger partial charge in [-0.05, 0) is 24.5 Å². The molecule has 0 aromatic carbocycles. The van der Waals surface area contributed by atoms with E-state index in [4.69, 9.17) is 9.84 Å². The van der Waals surface area contributed by atoms with Gasteiger partial charge in [0.1, 0.15) is 5.82 Å². The van der Waals surface area contributed by atoms with Crippen molar-refractivity contribution in [2.24, 2.45) is 0 Å². The number of aliphatic hydroxyl groups excluding tert-OH is 1. The second-order valence-corrected chi connectivity index (χ2v) is 4.14. The van der Waals surface area contributed by atoms with Gasteiger partial charge >= 0.3 is 0 Å². The molecule has 0 bridgehead atoms. The molecule has 1 fully saturated rings. The SMILES string of the molecule is CN(c1ccc(CO)cn1)C1CCOCC1. The molecule has 0 unspecified atom stereocenters. The Labute approximate surface area is 95.9 Å². The highest BCUT2D eigenvalue weighted by molar-refractivity contribution is 5.39. The molecule has 1 aliphatic rings. The van der Waals surface area contributed by atoms with Crippen LogP contribution in [-0.2, 0) is 11.3 Å². The fourth-order valence-electron chi connectivity index (χ4n) is 1.98. The second kappa shape index (κ2) is 5.27. The van der Waals surface area contributed by atoms with Gasteiger partial charge in [0, 0.05) is 32.5 Å². The smallest absolute Gasteiger partial charge is 0.128 e. The number of pyridine rings is 1. The van der Waals surface area contributed by atoms with Crippen molar-refractivity contribution in [3.05, 3.63) is 23.9 Å². The Morgan fingerprint density at radius 3 is 2.75 bits per heavy atom. The molecule has 1 aromatic heterocycles. The molecule has 1 aliphatic heterocycles. The summed E-state index contributed by atoms with van der Waals surface area (Å²) in [6, 6.07) is 4.39. The van der Waals surface area contributed by atoms with Crippen LogP contribution in [0.2, 0.25) is 0 Å². The van der Waals surface area contributed by atoms with Gasteiger partial charge in [-0.2, -0.15) is 0 Å². The molecular weight excluding hydrogens is 204 g/mol. The second-order valence-electron chi connectivity index (χ2n) is 4.14. The Bertz CT molecular complexity index is 320. The van der Waals surface area contributed by atoms with Crippen molar-refractivity contribution in [2.45, 2.75) is 25.5 Å². The number of hydrogen-bond acceptors (Lipinski definition) is 4. The number of ether oxygens (including phenoxy) is 1. The van der Waals surface area contributed by atoms with Crippen molar-refractivity contribution in [2.75, 3.05) is 25.2 Å². The number of hydrogen-bond donors (Lipinski definition) is 1. The van der Waals surface area contributed by atoms with Crippen LogP contribution in [0.5, 0.6) is 0 Å². The van der Waals surface area contributed by atoms with Crippen molar-refractivity contribution < 1.29 is 9.84 Å². The van der Waals surface area contributed by atoms with Gasteiger partial charge < -0.3 is 14.7 Å². The zero-order valence-corrected chi connectivity index (χ0v) is 9.59. The fourth-order valence-corrected chi connectivity index (χ4v) is 1.98. The third-order valence-corrected chi connectivity index (χ3v) is 3.09. The minimum Gasteiger partial charge on any atom is -0.392 e. The van der Waals surface area contributed by atoms with Crippen LogP contribution >= 0.6 is 0 Å². The molecule has 16 heavy (non-hydrogen) atoms. The molecule has 1 aromatic rings. The molecule has 1 N–H and O–H groups in total. The maximum atomic E-state index is 8.95. The van der Waals surface area contributed by atoms with E-state index < -0.39 is 0 Å². The van der Waals surface area contributed by atoms with Crippen LogP contribution in [-0.4, -0.2) is 36.4 Å². The summed E-state index contributed by atoms with van der Waals surface area (Å²) in [4.78, 5) is 6.55. The Kier molecular flexibility index (Phi) is 3.74. The van der Waals surface area contributed by atoms with Crippen molar-refractivity contribution in [3.63, 3.8) is 0 Å². The molecule has 88 valence electrons. The van der Waals surface area contributed by atoms with E-state index in [1.54, 1.807) is 6.20 Å².